The summed E-state index contributed by atoms with van der Waals surface area (Å²) in [6.07, 6.45) is 0.781. The van der Waals surface area contributed by atoms with Gasteiger partial charge < -0.3 is 14.5 Å². The van der Waals surface area contributed by atoms with E-state index in [1.807, 2.05) is 55.5 Å². The Morgan fingerprint density at radius 2 is 1.92 bits per heavy atom. The zero-order valence-electron chi connectivity index (χ0n) is 15.1. The van der Waals surface area contributed by atoms with Crippen molar-refractivity contribution < 1.29 is 18.8 Å². The van der Waals surface area contributed by atoms with Crippen LogP contribution in [0.4, 0.5) is 0 Å². The predicted molar refractivity (Wildman–Crippen MR) is 99.0 cm³/mol. The van der Waals surface area contributed by atoms with E-state index in [9.17, 15) is 4.79 Å². The first-order chi connectivity index (χ1) is 12.7. The highest BCUT2D eigenvalue weighted by atomic mass is 16.7. The molecule has 3 heterocycles. The Morgan fingerprint density at radius 3 is 2.42 bits per heavy atom. The van der Waals surface area contributed by atoms with Gasteiger partial charge in [-0.3, -0.25) is 9.63 Å². The molecule has 0 saturated carbocycles. The van der Waals surface area contributed by atoms with Crippen molar-refractivity contribution in [2.45, 2.75) is 25.9 Å². The molecule has 1 aromatic carbocycles. The van der Waals surface area contributed by atoms with Gasteiger partial charge in [-0.05, 0) is 55.3 Å². The molecule has 1 amide bonds. The molecule has 1 atom stereocenters. The molecule has 1 aliphatic rings. The van der Waals surface area contributed by atoms with Gasteiger partial charge in [0.2, 0.25) is 5.91 Å². The first-order valence-corrected chi connectivity index (χ1v) is 8.77. The second-order valence-electron chi connectivity index (χ2n) is 6.01. The largest absolute Gasteiger partial charge is 0.497 e. The maximum Gasteiger partial charge on any atom is 0.239 e. The van der Waals surface area contributed by atoms with E-state index in [2.05, 4.69) is 5.32 Å². The molecule has 2 aromatic heterocycles. The summed E-state index contributed by atoms with van der Waals surface area (Å²) in [5.41, 5.74) is 3.00. The van der Waals surface area contributed by atoms with Gasteiger partial charge in [-0.2, -0.15) is 5.06 Å². The normalized spacial score (nSPS) is 16.6. The van der Waals surface area contributed by atoms with Crippen LogP contribution in [0.5, 0.6) is 5.75 Å². The molecule has 138 valence electrons. The Bertz CT molecular complexity index is 771. The summed E-state index contributed by atoms with van der Waals surface area (Å²) in [6.45, 7) is 3.76. The number of nitrogens with zero attached hydrogens (tertiary/aromatic N) is 1. The number of hydrogen-bond acceptors (Lipinski definition) is 5. The van der Waals surface area contributed by atoms with Crippen molar-refractivity contribution in [3.8, 4) is 5.75 Å². The third-order valence-electron chi connectivity index (χ3n) is 4.19. The molecule has 0 radical (unpaired) electrons. The third-order valence-corrected chi connectivity index (χ3v) is 4.19. The summed E-state index contributed by atoms with van der Waals surface area (Å²) in [4.78, 5) is 17.4. The lowest BCUT2D eigenvalue weighted by molar-refractivity contribution is -0.190. The summed E-state index contributed by atoms with van der Waals surface area (Å²) in [5, 5.41) is 4.59. The maximum atomic E-state index is 11.7. The average Bonchev–Trinajstić information content (AvgIpc) is 3.40. The molecule has 2 bridgehead atoms. The molecule has 1 saturated heterocycles. The standard InChI is InChI=1S/C14H20N2O3.C6H4O/c1-3-19-16(13-7-8-15-14(13)17)10-11-5-4-6-12(9-11)18-2;1-2-6-4-3-5(1)7-6/h4-6,9,13H,3,7-8,10H2,1-2H3,(H,15,17);1-4H. The van der Waals surface area contributed by atoms with Crippen molar-refractivity contribution in [3.63, 3.8) is 0 Å². The topological polar surface area (TPSA) is 63.9 Å². The first-order valence-electron chi connectivity index (χ1n) is 8.77. The minimum atomic E-state index is -0.203. The number of methoxy groups -OCH3 is 1. The highest BCUT2D eigenvalue weighted by molar-refractivity contribution is 5.83. The smallest absolute Gasteiger partial charge is 0.239 e. The Kier molecular flexibility index (Phi) is 6.09. The fourth-order valence-electron chi connectivity index (χ4n) is 2.93. The van der Waals surface area contributed by atoms with Gasteiger partial charge in [0.1, 0.15) is 23.0 Å². The number of ether oxygens (including phenoxy) is 1. The number of carbonyl (C=O) groups is 1. The van der Waals surface area contributed by atoms with E-state index in [1.165, 1.54) is 0 Å². The lowest BCUT2D eigenvalue weighted by Crippen LogP contribution is -2.40. The van der Waals surface area contributed by atoms with E-state index in [0.29, 0.717) is 19.7 Å². The van der Waals surface area contributed by atoms with Gasteiger partial charge in [0.05, 0.1) is 20.3 Å². The molecular formula is C20H24N2O4. The fourth-order valence-corrected chi connectivity index (χ4v) is 2.93. The highest BCUT2D eigenvalue weighted by Crippen LogP contribution is 2.18. The zero-order chi connectivity index (χ0) is 18.4. The van der Waals surface area contributed by atoms with Gasteiger partial charge in [-0.25, -0.2) is 0 Å². The summed E-state index contributed by atoms with van der Waals surface area (Å²) < 4.78 is 10.3. The number of benzene rings is 2. The van der Waals surface area contributed by atoms with E-state index in [1.54, 1.807) is 12.2 Å². The molecule has 0 spiro atoms. The SMILES string of the molecule is CCON(Cc1cccc(OC)c1)C1CCNC1=O.c1cc2ccc1o2. The van der Waals surface area contributed by atoms with Crippen LogP contribution in [0.3, 0.4) is 0 Å². The van der Waals surface area contributed by atoms with Gasteiger partial charge in [0, 0.05) is 6.54 Å². The monoisotopic (exact) mass is 356 g/mol. The number of rotatable bonds is 6. The summed E-state index contributed by atoms with van der Waals surface area (Å²) in [6, 6.07) is 15.4. The average molecular weight is 356 g/mol. The van der Waals surface area contributed by atoms with E-state index in [0.717, 1.165) is 28.9 Å². The van der Waals surface area contributed by atoms with E-state index in [-0.39, 0.29) is 11.9 Å². The Hall–Kier alpha value is -2.57. The first kappa shape index (κ1) is 18.2. The molecule has 1 unspecified atom stereocenters. The Morgan fingerprint density at radius 1 is 1.19 bits per heavy atom. The summed E-state index contributed by atoms with van der Waals surface area (Å²) in [7, 11) is 1.64. The molecule has 3 aromatic rings. The number of fused-ring (bicyclic) bond motifs is 2. The Labute approximate surface area is 153 Å². The van der Waals surface area contributed by atoms with Crippen molar-refractivity contribution in [2.75, 3.05) is 20.3 Å². The molecule has 1 aliphatic heterocycles. The molecule has 1 N–H and O–H groups in total. The van der Waals surface area contributed by atoms with E-state index in [4.69, 9.17) is 14.0 Å². The van der Waals surface area contributed by atoms with Crippen molar-refractivity contribution in [2.24, 2.45) is 0 Å². The van der Waals surface area contributed by atoms with Crippen molar-refractivity contribution in [1.29, 1.82) is 0 Å². The van der Waals surface area contributed by atoms with E-state index >= 15 is 0 Å². The molecule has 0 aliphatic carbocycles. The van der Waals surface area contributed by atoms with Crippen LogP contribution in [0.2, 0.25) is 0 Å². The number of amides is 1. The van der Waals surface area contributed by atoms with Gasteiger partial charge in [-0.1, -0.05) is 12.1 Å². The Balaban J connectivity index is 0.000000229. The second-order valence-corrected chi connectivity index (χ2v) is 6.01. The quantitative estimate of drug-likeness (QED) is 0.687. The van der Waals surface area contributed by atoms with Crippen LogP contribution in [0.1, 0.15) is 18.9 Å². The second kappa shape index (κ2) is 8.69. The molecule has 4 rings (SSSR count). The maximum absolute atomic E-state index is 11.7. The van der Waals surface area contributed by atoms with Gasteiger partial charge in [0.25, 0.3) is 0 Å². The number of hydroxylamine groups is 2. The fraction of sp³-hybridized carbons (Fsp3) is 0.350. The van der Waals surface area contributed by atoms with Crippen molar-refractivity contribution in [1.82, 2.24) is 10.4 Å². The van der Waals surface area contributed by atoms with Gasteiger partial charge in [0.15, 0.2) is 0 Å². The van der Waals surface area contributed by atoms with Crippen LogP contribution in [0.15, 0.2) is 52.9 Å². The van der Waals surface area contributed by atoms with Crippen LogP contribution >= 0.6 is 0 Å². The van der Waals surface area contributed by atoms with Crippen LogP contribution in [-0.4, -0.2) is 37.3 Å². The van der Waals surface area contributed by atoms with Crippen LogP contribution in [0, 0.1) is 0 Å². The van der Waals surface area contributed by atoms with Gasteiger partial charge >= 0.3 is 0 Å². The summed E-state index contributed by atoms with van der Waals surface area (Å²) in [5.74, 6) is 0.848. The van der Waals surface area contributed by atoms with Crippen molar-refractivity contribution in [3.05, 3.63) is 54.1 Å². The highest BCUT2D eigenvalue weighted by Gasteiger charge is 2.31. The third kappa shape index (κ3) is 4.53. The van der Waals surface area contributed by atoms with Crippen LogP contribution < -0.4 is 10.1 Å². The van der Waals surface area contributed by atoms with Gasteiger partial charge in [-0.15, -0.1) is 0 Å². The predicted octanol–water partition coefficient (Wildman–Crippen LogP) is 3.21. The zero-order valence-corrected chi connectivity index (χ0v) is 15.1. The number of furan rings is 2. The molecule has 1 fully saturated rings. The summed E-state index contributed by atoms with van der Waals surface area (Å²) >= 11 is 0. The molecule has 6 nitrogen and oxygen atoms in total. The van der Waals surface area contributed by atoms with Crippen LogP contribution in [-0.2, 0) is 16.2 Å². The minimum absolute atomic E-state index is 0.0383. The van der Waals surface area contributed by atoms with Crippen LogP contribution in [0.25, 0.3) is 11.2 Å². The molecule has 6 heteroatoms. The number of hydrogen-bond donors (Lipinski definition) is 1. The minimum Gasteiger partial charge on any atom is -0.497 e. The van der Waals surface area contributed by atoms with Crippen molar-refractivity contribution >= 4 is 17.1 Å². The van der Waals surface area contributed by atoms with E-state index < -0.39 is 0 Å². The molecule has 26 heavy (non-hydrogen) atoms. The molecular weight excluding hydrogens is 332 g/mol. The lowest BCUT2D eigenvalue weighted by atomic mass is 10.2. The number of carbonyl (C=O) groups excluding carboxylic acids is 1. The number of nitrogens with one attached hydrogen (secondary N) is 1. The lowest BCUT2D eigenvalue weighted by Gasteiger charge is -2.25.